The van der Waals surface area contributed by atoms with Crippen molar-refractivity contribution in [2.45, 2.75) is 88.5 Å². The van der Waals surface area contributed by atoms with Crippen LogP contribution in [0, 0.1) is 0 Å². The first kappa shape index (κ1) is 26.2. The number of nitrogens with two attached hydrogens (primary N) is 3. The Balaban J connectivity index is 3.85. The van der Waals surface area contributed by atoms with E-state index < -0.39 is 26.6 Å². The number of hydrogen-bond acceptors (Lipinski definition) is 5. The molecule has 0 bridgehead atoms. The topological polar surface area (TPSA) is 193 Å². The maximum atomic E-state index is 11.6. The van der Waals surface area contributed by atoms with Gasteiger partial charge in [0.1, 0.15) is 5.79 Å². The molecule has 9 nitrogen and oxygen atoms in total. The smallest absolute Gasteiger partial charge is 0.324 e. The molecule has 0 spiro atoms. The molecule has 0 aromatic heterocycles. The zero-order chi connectivity index (χ0) is 20.3. The molecule has 1 atom stereocenters. The number of rotatable bonds is 16. The molecule has 0 amide bonds. The van der Waals surface area contributed by atoms with Crippen molar-refractivity contribution in [3.05, 3.63) is 0 Å². The van der Waals surface area contributed by atoms with Crippen molar-refractivity contribution in [2.75, 3.05) is 6.16 Å². The van der Waals surface area contributed by atoms with Gasteiger partial charge in [0.2, 0.25) is 0 Å². The van der Waals surface area contributed by atoms with Crippen molar-refractivity contribution in [1.82, 2.24) is 0 Å². The van der Waals surface area contributed by atoms with E-state index in [1.165, 1.54) is 0 Å². The Bertz CT molecular complexity index is 461. The van der Waals surface area contributed by atoms with Gasteiger partial charge in [-0.05, 0) is 32.1 Å². The normalized spacial score (nSPS) is 14.6. The summed E-state index contributed by atoms with van der Waals surface area (Å²) in [7, 11) is -8.12. The first-order valence-electron chi connectivity index (χ1n) is 9.28. The van der Waals surface area contributed by atoms with Gasteiger partial charge in [0.15, 0.2) is 0 Å². The Hall–Kier alpha value is 0.180. The van der Waals surface area contributed by atoms with Crippen LogP contribution in [0.3, 0.4) is 0 Å². The van der Waals surface area contributed by atoms with Gasteiger partial charge in [-0.15, -0.1) is 0 Å². The number of unbranched alkanes of at least 4 members (excludes halogenated alkanes) is 7. The molecule has 0 aliphatic rings. The second kappa shape index (κ2) is 12.6. The van der Waals surface area contributed by atoms with Gasteiger partial charge >= 0.3 is 15.2 Å². The molecule has 11 heteroatoms. The fourth-order valence-electron chi connectivity index (χ4n) is 2.87. The van der Waals surface area contributed by atoms with Crippen molar-refractivity contribution in [1.29, 1.82) is 0 Å². The van der Waals surface area contributed by atoms with Gasteiger partial charge in [-0.3, -0.25) is 9.13 Å². The molecule has 158 valence electrons. The van der Waals surface area contributed by atoms with E-state index in [4.69, 9.17) is 27.0 Å². The fraction of sp³-hybridized carbons (Fsp3) is 1.00. The van der Waals surface area contributed by atoms with Crippen LogP contribution in [0.4, 0.5) is 0 Å². The zero-order valence-electron chi connectivity index (χ0n) is 15.5. The first-order chi connectivity index (χ1) is 11.8. The molecule has 0 fully saturated rings. The van der Waals surface area contributed by atoms with Gasteiger partial charge in [0.05, 0.1) is 5.66 Å². The molecule has 0 saturated carbocycles. The van der Waals surface area contributed by atoms with E-state index in [9.17, 15) is 18.9 Å². The van der Waals surface area contributed by atoms with Crippen LogP contribution >= 0.6 is 15.2 Å². The molecule has 0 radical (unpaired) electrons. The van der Waals surface area contributed by atoms with E-state index in [0.717, 1.165) is 38.5 Å². The lowest BCUT2D eigenvalue weighted by molar-refractivity contribution is 0.344. The van der Waals surface area contributed by atoms with Crippen LogP contribution in [0.25, 0.3) is 0 Å². The zero-order valence-corrected chi connectivity index (χ0v) is 17.3. The molecule has 0 saturated heterocycles. The van der Waals surface area contributed by atoms with Crippen molar-refractivity contribution in [2.24, 2.45) is 17.2 Å². The summed E-state index contributed by atoms with van der Waals surface area (Å²) in [4.78, 5) is 36.5. The Morgan fingerprint density at radius 2 is 1.12 bits per heavy atom. The third-order valence-corrected chi connectivity index (χ3v) is 6.73. The van der Waals surface area contributed by atoms with Crippen LogP contribution in [-0.4, -0.2) is 37.2 Å². The van der Waals surface area contributed by atoms with Gasteiger partial charge in [-0.25, -0.2) is 0 Å². The molecule has 0 aromatic rings. The summed E-state index contributed by atoms with van der Waals surface area (Å²) in [6.45, 7) is 0. The molecule has 0 aromatic carbocycles. The van der Waals surface area contributed by atoms with E-state index in [0.29, 0.717) is 38.5 Å². The van der Waals surface area contributed by atoms with Crippen LogP contribution < -0.4 is 17.2 Å². The SMILES string of the molecule is NC(N)(N)CCCCCCCCC(CCCCCP(=O)(O)O)P(=O)(O)O. The second-order valence-corrected chi connectivity index (χ2v) is 10.9. The second-order valence-electron chi connectivity index (χ2n) is 7.25. The van der Waals surface area contributed by atoms with Crippen molar-refractivity contribution in [3.8, 4) is 0 Å². The quantitative estimate of drug-likeness (QED) is 0.112. The molecule has 0 aliphatic carbocycles. The fourth-order valence-corrected chi connectivity index (χ4v) is 4.55. The Labute approximate surface area is 156 Å². The van der Waals surface area contributed by atoms with E-state index in [2.05, 4.69) is 0 Å². The summed E-state index contributed by atoms with van der Waals surface area (Å²) in [6.07, 6.45) is 8.26. The monoisotopic (exact) mass is 417 g/mol. The third kappa shape index (κ3) is 17.6. The predicted octanol–water partition coefficient (Wildman–Crippen LogP) is 1.92. The molecular formula is C15H37N3O6P2. The Kier molecular flexibility index (Phi) is 12.7. The van der Waals surface area contributed by atoms with Crippen LogP contribution in [0.1, 0.15) is 77.0 Å². The van der Waals surface area contributed by atoms with Crippen LogP contribution in [-0.2, 0) is 9.13 Å². The van der Waals surface area contributed by atoms with Gasteiger partial charge in [-0.1, -0.05) is 44.9 Å². The third-order valence-electron chi connectivity index (χ3n) is 4.36. The minimum atomic E-state index is -4.14. The van der Waals surface area contributed by atoms with Crippen LogP contribution in [0.2, 0.25) is 0 Å². The standard InChI is InChI=1S/C15H37N3O6P2/c16-15(17,18)12-8-4-2-1-3-6-10-14(26(22,23)24)11-7-5-9-13-25(19,20)21/h14H,1-13,16-18H2,(H2,19,20,21)(H2,22,23,24). The molecule has 0 heterocycles. The van der Waals surface area contributed by atoms with Crippen molar-refractivity contribution in [3.63, 3.8) is 0 Å². The van der Waals surface area contributed by atoms with Gasteiger partial charge in [0.25, 0.3) is 0 Å². The summed E-state index contributed by atoms with van der Waals surface area (Å²) in [5.74, 6) is -1.11. The summed E-state index contributed by atoms with van der Waals surface area (Å²) < 4.78 is 22.3. The molecule has 10 N–H and O–H groups in total. The summed E-state index contributed by atoms with van der Waals surface area (Å²) >= 11 is 0. The minimum Gasteiger partial charge on any atom is -0.324 e. The van der Waals surface area contributed by atoms with Gasteiger partial charge in [-0.2, -0.15) is 0 Å². The molecule has 26 heavy (non-hydrogen) atoms. The van der Waals surface area contributed by atoms with E-state index >= 15 is 0 Å². The highest BCUT2D eigenvalue weighted by atomic mass is 31.2. The maximum Gasteiger partial charge on any atom is 0.328 e. The summed E-state index contributed by atoms with van der Waals surface area (Å²) in [5.41, 5.74) is 15.8. The Morgan fingerprint density at radius 3 is 1.54 bits per heavy atom. The first-order valence-corrected chi connectivity index (χ1v) is 12.8. The average molecular weight is 417 g/mol. The van der Waals surface area contributed by atoms with E-state index in [-0.39, 0.29) is 6.16 Å². The lowest BCUT2D eigenvalue weighted by Gasteiger charge is -2.18. The van der Waals surface area contributed by atoms with Crippen molar-refractivity contribution < 1.29 is 28.7 Å². The molecule has 0 rings (SSSR count). The average Bonchev–Trinajstić information content (AvgIpc) is 2.43. The summed E-state index contributed by atoms with van der Waals surface area (Å²) in [5, 5.41) is 0. The van der Waals surface area contributed by atoms with Crippen LogP contribution in [0.15, 0.2) is 0 Å². The van der Waals surface area contributed by atoms with Gasteiger partial charge in [0, 0.05) is 6.16 Å². The minimum absolute atomic E-state index is 0.173. The molecular weight excluding hydrogens is 380 g/mol. The largest absolute Gasteiger partial charge is 0.328 e. The van der Waals surface area contributed by atoms with Crippen molar-refractivity contribution >= 4 is 15.2 Å². The highest BCUT2D eigenvalue weighted by Crippen LogP contribution is 2.46. The lowest BCUT2D eigenvalue weighted by atomic mass is 10.0. The summed E-state index contributed by atoms with van der Waals surface area (Å²) in [6, 6.07) is 0. The van der Waals surface area contributed by atoms with Gasteiger partial charge < -0.3 is 36.8 Å². The highest BCUT2D eigenvalue weighted by Gasteiger charge is 2.27. The maximum absolute atomic E-state index is 11.6. The Morgan fingerprint density at radius 1 is 0.692 bits per heavy atom. The highest BCUT2D eigenvalue weighted by molar-refractivity contribution is 7.52. The predicted molar refractivity (Wildman–Crippen MR) is 103 cm³/mol. The lowest BCUT2D eigenvalue weighted by Crippen LogP contribution is -2.57. The van der Waals surface area contributed by atoms with E-state index in [1.54, 1.807) is 0 Å². The molecule has 1 unspecified atom stereocenters. The van der Waals surface area contributed by atoms with E-state index in [1.807, 2.05) is 0 Å². The number of hydrogen-bond donors (Lipinski definition) is 7. The molecule has 0 aliphatic heterocycles. The van der Waals surface area contributed by atoms with Crippen LogP contribution in [0.5, 0.6) is 0 Å².